The summed E-state index contributed by atoms with van der Waals surface area (Å²) in [6, 6.07) is 5.52. The number of likely N-dealkylation sites (tertiary alicyclic amines) is 1. The van der Waals surface area contributed by atoms with Crippen LogP contribution in [0.5, 0.6) is 5.75 Å². The Morgan fingerprint density at radius 1 is 1.04 bits per heavy atom. The van der Waals surface area contributed by atoms with E-state index < -0.39 is 6.36 Å². The molecule has 6 heteroatoms. The summed E-state index contributed by atoms with van der Waals surface area (Å²) >= 11 is 0. The molecule has 0 spiro atoms. The molecule has 0 unspecified atom stereocenters. The first-order valence-electron chi connectivity index (χ1n) is 7.43. The van der Waals surface area contributed by atoms with E-state index in [4.69, 9.17) is 0 Å². The lowest BCUT2D eigenvalue weighted by molar-refractivity contribution is -0.274. The molecular weight excluding hydrogens is 307 g/mol. The number of amides is 1. The molecule has 1 aliphatic rings. The van der Waals surface area contributed by atoms with Gasteiger partial charge in [0, 0.05) is 19.2 Å². The smallest absolute Gasteiger partial charge is 0.406 e. The Hall–Kier alpha value is -2.24. The van der Waals surface area contributed by atoms with Crippen LogP contribution in [-0.4, -0.2) is 30.3 Å². The average molecular weight is 325 g/mol. The average Bonchev–Trinajstić information content (AvgIpc) is 2.52. The fourth-order valence-corrected chi connectivity index (χ4v) is 2.30. The third-order valence-electron chi connectivity index (χ3n) is 3.42. The van der Waals surface area contributed by atoms with Gasteiger partial charge in [0.1, 0.15) is 5.75 Å². The predicted molar refractivity (Wildman–Crippen MR) is 81.7 cm³/mol. The molecule has 124 valence electrons. The van der Waals surface area contributed by atoms with Gasteiger partial charge in [-0.25, -0.2) is 0 Å². The zero-order valence-electron chi connectivity index (χ0n) is 12.6. The van der Waals surface area contributed by atoms with Crippen LogP contribution in [0.15, 0.2) is 42.5 Å². The normalized spacial score (nSPS) is 16.2. The third-order valence-corrected chi connectivity index (χ3v) is 3.42. The number of nitrogens with zero attached hydrogens (tertiary/aromatic N) is 1. The first-order valence-corrected chi connectivity index (χ1v) is 7.43. The minimum atomic E-state index is -4.69. The fraction of sp³-hybridized carbons (Fsp3) is 0.353. The molecule has 0 saturated carbocycles. The molecule has 1 heterocycles. The van der Waals surface area contributed by atoms with Crippen LogP contribution in [0.4, 0.5) is 13.2 Å². The zero-order chi connectivity index (χ0) is 16.7. The first-order chi connectivity index (χ1) is 10.9. The number of hydrogen-bond donors (Lipinski definition) is 0. The van der Waals surface area contributed by atoms with Crippen molar-refractivity contribution in [2.45, 2.75) is 25.6 Å². The van der Waals surface area contributed by atoms with Crippen LogP contribution in [0, 0.1) is 0 Å². The van der Waals surface area contributed by atoms with Crippen LogP contribution >= 0.6 is 0 Å². The van der Waals surface area contributed by atoms with Crippen molar-refractivity contribution in [2.24, 2.45) is 0 Å². The maximum Gasteiger partial charge on any atom is 0.573 e. The number of allylic oxidation sites excluding steroid dienone is 2. The quantitative estimate of drug-likeness (QED) is 0.614. The lowest BCUT2D eigenvalue weighted by atomic mass is 10.1. The number of hydrogen-bond acceptors (Lipinski definition) is 2. The second-order valence-electron chi connectivity index (χ2n) is 5.22. The maximum atomic E-state index is 12.0. The molecule has 1 aromatic carbocycles. The second kappa shape index (κ2) is 7.85. The molecule has 0 radical (unpaired) electrons. The van der Waals surface area contributed by atoms with E-state index in [-0.39, 0.29) is 11.7 Å². The van der Waals surface area contributed by atoms with Gasteiger partial charge < -0.3 is 9.64 Å². The number of rotatable bonds is 4. The number of piperidine rings is 1. The molecule has 1 amide bonds. The molecule has 1 aliphatic heterocycles. The Labute approximate surface area is 133 Å². The van der Waals surface area contributed by atoms with Crippen LogP contribution in [0.25, 0.3) is 6.08 Å². The summed E-state index contributed by atoms with van der Waals surface area (Å²) in [6.45, 7) is 1.60. The van der Waals surface area contributed by atoms with E-state index in [0.29, 0.717) is 0 Å². The summed E-state index contributed by atoms with van der Waals surface area (Å²) in [5, 5.41) is 0. The highest BCUT2D eigenvalue weighted by molar-refractivity contribution is 5.88. The fourth-order valence-electron chi connectivity index (χ4n) is 2.30. The van der Waals surface area contributed by atoms with E-state index in [1.54, 1.807) is 18.2 Å². The van der Waals surface area contributed by atoms with Crippen molar-refractivity contribution in [3.8, 4) is 5.75 Å². The summed E-state index contributed by atoms with van der Waals surface area (Å²) in [5.41, 5.74) is 0.717. The highest BCUT2D eigenvalue weighted by Gasteiger charge is 2.30. The second-order valence-corrected chi connectivity index (χ2v) is 5.22. The number of benzene rings is 1. The van der Waals surface area contributed by atoms with Crippen molar-refractivity contribution >= 4 is 12.0 Å². The Kier molecular flexibility index (Phi) is 5.84. The summed E-state index contributed by atoms with van der Waals surface area (Å²) in [7, 11) is 0. The van der Waals surface area contributed by atoms with E-state index in [1.807, 2.05) is 4.90 Å². The van der Waals surface area contributed by atoms with Crippen LogP contribution < -0.4 is 4.74 Å². The topological polar surface area (TPSA) is 29.5 Å². The summed E-state index contributed by atoms with van der Waals surface area (Å²) < 4.78 is 39.9. The Balaban J connectivity index is 1.85. The molecule has 3 nitrogen and oxygen atoms in total. The lowest BCUT2D eigenvalue weighted by Crippen LogP contribution is -2.34. The van der Waals surface area contributed by atoms with Gasteiger partial charge in [0.2, 0.25) is 5.91 Å². The highest BCUT2D eigenvalue weighted by atomic mass is 19.4. The number of ether oxygens (including phenoxy) is 1. The van der Waals surface area contributed by atoms with Crippen molar-refractivity contribution in [1.82, 2.24) is 4.90 Å². The molecule has 2 rings (SSSR count). The van der Waals surface area contributed by atoms with Gasteiger partial charge >= 0.3 is 6.36 Å². The van der Waals surface area contributed by atoms with Gasteiger partial charge in [-0.15, -0.1) is 13.2 Å². The van der Waals surface area contributed by atoms with Crippen molar-refractivity contribution in [1.29, 1.82) is 0 Å². The van der Waals surface area contributed by atoms with Crippen LogP contribution in [-0.2, 0) is 4.79 Å². The van der Waals surface area contributed by atoms with E-state index in [9.17, 15) is 18.0 Å². The standard InChI is InChI=1S/C17H18F3NO2/c18-17(19,20)23-15-10-8-14(9-11-15)6-2-3-7-16(22)21-12-4-1-5-13-21/h2-3,6-11H,1,4-5,12-13H2. The van der Waals surface area contributed by atoms with Crippen LogP contribution in [0.1, 0.15) is 24.8 Å². The summed E-state index contributed by atoms with van der Waals surface area (Å²) in [4.78, 5) is 13.7. The van der Waals surface area contributed by atoms with E-state index in [1.165, 1.54) is 36.8 Å². The molecule has 0 atom stereocenters. The maximum absolute atomic E-state index is 12.0. The minimum Gasteiger partial charge on any atom is -0.406 e. The minimum absolute atomic E-state index is 0.0109. The van der Waals surface area contributed by atoms with Crippen molar-refractivity contribution < 1.29 is 22.7 Å². The molecular formula is C17H18F3NO2. The van der Waals surface area contributed by atoms with Crippen molar-refractivity contribution in [3.05, 3.63) is 48.1 Å². The van der Waals surface area contributed by atoms with E-state index >= 15 is 0 Å². The predicted octanol–water partition coefficient (Wildman–Crippen LogP) is 4.17. The first kappa shape index (κ1) is 17.1. The van der Waals surface area contributed by atoms with Gasteiger partial charge in [-0.1, -0.05) is 30.4 Å². The molecule has 0 aliphatic carbocycles. The molecule has 0 N–H and O–H groups in total. The third kappa shape index (κ3) is 6.18. The van der Waals surface area contributed by atoms with Crippen molar-refractivity contribution in [3.63, 3.8) is 0 Å². The molecule has 1 saturated heterocycles. The van der Waals surface area contributed by atoms with Gasteiger partial charge in [0.25, 0.3) is 0 Å². The molecule has 1 fully saturated rings. The highest BCUT2D eigenvalue weighted by Crippen LogP contribution is 2.22. The summed E-state index contributed by atoms with van der Waals surface area (Å²) in [5.74, 6) is -0.270. The molecule has 23 heavy (non-hydrogen) atoms. The van der Waals surface area contributed by atoms with Gasteiger partial charge in [0.05, 0.1) is 0 Å². The Bertz CT molecular complexity index is 570. The number of alkyl halides is 3. The number of halogens is 3. The summed E-state index contributed by atoms with van der Waals surface area (Å²) in [6.07, 6.45) is 5.10. The largest absolute Gasteiger partial charge is 0.573 e. The monoisotopic (exact) mass is 325 g/mol. The van der Waals surface area contributed by atoms with Gasteiger partial charge in [-0.05, 0) is 37.0 Å². The molecule has 0 aromatic heterocycles. The van der Waals surface area contributed by atoms with Gasteiger partial charge in [-0.2, -0.15) is 0 Å². The number of carbonyl (C=O) groups is 1. The van der Waals surface area contributed by atoms with Crippen LogP contribution in [0.2, 0.25) is 0 Å². The zero-order valence-corrected chi connectivity index (χ0v) is 12.6. The van der Waals surface area contributed by atoms with Gasteiger partial charge in [-0.3, -0.25) is 4.79 Å². The van der Waals surface area contributed by atoms with E-state index in [2.05, 4.69) is 4.74 Å². The van der Waals surface area contributed by atoms with E-state index in [0.717, 1.165) is 31.5 Å². The van der Waals surface area contributed by atoms with Gasteiger partial charge in [0.15, 0.2) is 0 Å². The lowest BCUT2D eigenvalue weighted by Gasteiger charge is -2.25. The number of carbonyl (C=O) groups excluding carboxylic acids is 1. The molecule has 1 aromatic rings. The molecule has 0 bridgehead atoms. The Morgan fingerprint density at radius 2 is 1.70 bits per heavy atom. The van der Waals surface area contributed by atoms with Crippen molar-refractivity contribution in [2.75, 3.05) is 13.1 Å². The SMILES string of the molecule is O=C(C=CC=Cc1ccc(OC(F)(F)F)cc1)N1CCCCC1. The Morgan fingerprint density at radius 3 is 2.30 bits per heavy atom. The van der Waals surface area contributed by atoms with Crippen LogP contribution in [0.3, 0.4) is 0 Å².